The molecule has 0 aromatic heterocycles. The maximum Gasteiger partial charge on any atom is 0.220 e. The van der Waals surface area contributed by atoms with Crippen LogP contribution in [-0.4, -0.2) is 87.5 Å². The van der Waals surface area contributed by atoms with E-state index in [9.17, 15) is 30.3 Å². The molecule has 0 bridgehead atoms. The van der Waals surface area contributed by atoms with Crippen LogP contribution in [0.15, 0.2) is 36.5 Å². The molecule has 1 saturated heterocycles. The first-order valence-electron chi connectivity index (χ1n) is 20.2. The predicted molar refractivity (Wildman–Crippen MR) is 203 cm³/mol. The molecule has 1 heterocycles. The Morgan fingerprint density at radius 2 is 1.14 bits per heavy atom. The number of amides is 1. The van der Waals surface area contributed by atoms with Gasteiger partial charge in [0.2, 0.25) is 5.91 Å². The number of aliphatic hydroxyl groups is 5. The fourth-order valence-electron chi connectivity index (χ4n) is 6.13. The Morgan fingerprint density at radius 3 is 1.68 bits per heavy atom. The lowest BCUT2D eigenvalue weighted by Gasteiger charge is -2.40. The number of hydrogen-bond acceptors (Lipinski definition) is 8. The van der Waals surface area contributed by atoms with Crippen molar-refractivity contribution in [2.75, 3.05) is 13.2 Å². The van der Waals surface area contributed by atoms with Crippen LogP contribution in [0.4, 0.5) is 0 Å². The van der Waals surface area contributed by atoms with Gasteiger partial charge < -0.3 is 40.3 Å². The Hall–Kier alpha value is -1.59. The molecule has 50 heavy (non-hydrogen) atoms. The first kappa shape index (κ1) is 46.4. The van der Waals surface area contributed by atoms with Crippen LogP contribution in [0, 0.1) is 0 Å². The zero-order valence-corrected chi connectivity index (χ0v) is 31.6. The zero-order valence-electron chi connectivity index (χ0n) is 31.6. The molecule has 1 aliphatic rings. The monoisotopic (exact) mass is 710 g/mol. The second kappa shape index (κ2) is 32.1. The summed E-state index contributed by atoms with van der Waals surface area (Å²) in [5, 5.41) is 53.9. The van der Waals surface area contributed by atoms with Crippen molar-refractivity contribution < 1.29 is 39.8 Å². The minimum atomic E-state index is -1.57. The molecule has 6 N–H and O–H groups in total. The van der Waals surface area contributed by atoms with Gasteiger partial charge in [0.25, 0.3) is 0 Å². The number of carbonyl (C=O) groups excluding carboxylic acids is 1. The van der Waals surface area contributed by atoms with Crippen molar-refractivity contribution in [3.63, 3.8) is 0 Å². The van der Waals surface area contributed by atoms with Crippen molar-refractivity contribution in [1.29, 1.82) is 0 Å². The molecule has 9 heteroatoms. The predicted octanol–water partition coefficient (Wildman–Crippen LogP) is 7.33. The Balaban J connectivity index is 2.48. The highest BCUT2D eigenvalue weighted by Gasteiger charge is 2.44. The van der Waals surface area contributed by atoms with Gasteiger partial charge in [-0.25, -0.2) is 0 Å². The Bertz CT molecular complexity index is 879. The highest BCUT2D eigenvalue weighted by atomic mass is 16.7. The van der Waals surface area contributed by atoms with E-state index in [1.165, 1.54) is 89.9 Å². The molecule has 0 saturated carbocycles. The highest BCUT2D eigenvalue weighted by molar-refractivity contribution is 5.76. The molecule has 7 atom stereocenters. The fraction of sp³-hybridized carbons (Fsp3) is 0.829. The number of rotatable bonds is 32. The normalized spacial score (nSPS) is 22.6. The van der Waals surface area contributed by atoms with Crippen molar-refractivity contribution in [3.8, 4) is 0 Å². The third kappa shape index (κ3) is 23.1. The van der Waals surface area contributed by atoms with Gasteiger partial charge >= 0.3 is 0 Å². The number of ether oxygens (including phenoxy) is 2. The molecule has 0 aromatic carbocycles. The first-order valence-corrected chi connectivity index (χ1v) is 20.2. The summed E-state index contributed by atoms with van der Waals surface area (Å²) >= 11 is 0. The third-order valence-corrected chi connectivity index (χ3v) is 9.45. The summed E-state index contributed by atoms with van der Waals surface area (Å²) in [5.41, 5.74) is 0. The number of carbonyl (C=O) groups is 1. The number of hydrogen-bond donors (Lipinski definition) is 6. The summed E-state index contributed by atoms with van der Waals surface area (Å²) in [4.78, 5) is 12.8. The lowest BCUT2D eigenvalue weighted by molar-refractivity contribution is -0.302. The molecule has 0 spiro atoms. The van der Waals surface area contributed by atoms with E-state index < -0.39 is 49.5 Å². The Kier molecular flexibility index (Phi) is 29.8. The van der Waals surface area contributed by atoms with Gasteiger partial charge in [-0.05, 0) is 44.9 Å². The molecule has 292 valence electrons. The third-order valence-electron chi connectivity index (χ3n) is 9.45. The van der Waals surface area contributed by atoms with Crippen LogP contribution in [0.1, 0.15) is 162 Å². The summed E-state index contributed by atoms with van der Waals surface area (Å²) in [6, 6.07) is -0.822. The fourth-order valence-corrected chi connectivity index (χ4v) is 6.13. The van der Waals surface area contributed by atoms with Crippen LogP contribution in [0.2, 0.25) is 0 Å². The molecule has 7 unspecified atom stereocenters. The molecule has 0 radical (unpaired) electrons. The summed E-state index contributed by atoms with van der Waals surface area (Å²) in [5.74, 6) is -0.195. The van der Waals surface area contributed by atoms with Gasteiger partial charge in [-0.15, -0.1) is 0 Å². The molecule has 1 fully saturated rings. The van der Waals surface area contributed by atoms with Crippen molar-refractivity contribution in [2.45, 2.75) is 204 Å². The standard InChI is InChI=1S/C41H75NO8/c1-3-5-7-9-11-13-15-16-17-18-19-21-22-24-26-28-30-35(44)34(33-49-41-40(48)39(47)38(46)36(32-43)50-41)42-37(45)31-29-27-25-23-20-14-12-10-8-6-4-2/h16-17,21-22,28,30,34-36,38-41,43-44,46-48H,3-15,18-20,23-27,29,31-33H2,1-2H3,(H,42,45)/b17-16+,22-21+,30-28+. The van der Waals surface area contributed by atoms with Gasteiger partial charge in [0.15, 0.2) is 6.29 Å². The second-order valence-electron chi connectivity index (χ2n) is 14.1. The van der Waals surface area contributed by atoms with Gasteiger partial charge in [0.05, 0.1) is 25.4 Å². The van der Waals surface area contributed by atoms with E-state index >= 15 is 0 Å². The number of aliphatic hydroxyl groups excluding tert-OH is 5. The average molecular weight is 710 g/mol. The van der Waals surface area contributed by atoms with E-state index in [0.717, 1.165) is 51.4 Å². The van der Waals surface area contributed by atoms with Gasteiger partial charge in [-0.1, -0.05) is 147 Å². The van der Waals surface area contributed by atoms with Crippen LogP contribution in [-0.2, 0) is 14.3 Å². The molecule has 9 nitrogen and oxygen atoms in total. The molecule has 1 rings (SSSR count). The molecular formula is C41H75NO8. The van der Waals surface area contributed by atoms with Gasteiger partial charge in [-0.3, -0.25) is 4.79 Å². The summed E-state index contributed by atoms with van der Waals surface area (Å²) in [6.07, 6.45) is 30.4. The van der Waals surface area contributed by atoms with E-state index in [1.54, 1.807) is 6.08 Å². The van der Waals surface area contributed by atoms with Crippen LogP contribution >= 0.6 is 0 Å². The van der Waals surface area contributed by atoms with E-state index in [2.05, 4.69) is 43.5 Å². The van der Waals surface area contributed by atoms with Gasteiger partial charge in [0, 0.05) is 6.42 Å². The van der Waals surface area contributed by atoms with Gasteiger partial charge in [-0.2, -0.15) is 0 Å². The summed E-state index contributed by atoms with van der Waals surface area (Å²) in [6.45, 7) is 3.70. The van der Waals surface area contributed by atoms with E-state index in [1.807, 2.05) is 6.08 Å². The maximum atomic E-state index is 12.8. The van der Waals surface area contributed by atoms with Crippen molar-refractivity contribution in [1.82, 2.24) is 5.32 Å². The number of allylic oxidation sites excluding steroid dienone is 5. The minimum Gasteiger partial charge on any atom is -0.394 e. The topological polar surface area (TPSA) is 149 Å². The van der Waals surface area contributed by atoms with E-state index in [4.69, 9.17) is 9.47 Å². The summed E-state index contributed by atoms with van der Waals surface area (Å²) in [7, 11) is 0. The van der Waals surface area contributed by atoms with Crippen molar-refractivity contribution in [3.05, 3.63) is 36.5 Å². The second-order valence-corrected chi connectivity index (χ2v) is 14.1. The largest absolute Gasteiger partial charge is 0.394 e. The van der Waals surface area contributed by atoms with Crippen LogP contribution in [0.25, 0.3) is 0 Å². The average Bonchev–Trinajstić information content (AvgIpc) is 3.11. The van der Waals surface area contributed by atoms with Crippen LogP contribution in [0.3, 0.4) is 0 Å². The van der Waals surface area contributed by atoms with Gasteiger partial charge in [0.1, 0.15) is 24.4 Å². The first-order chi connectivity index (χ1) is 24.3. The van der Waals surface area contributed by atoms with Crippen molar-refractivity contribution >= 4 is 5.91 Å². The molecule has 0 aromatic rings. The molecular weight excluding hydrogens is 634 g/mol. The van der Waals surface area contributed by atoms with E-state index in [-0.39, 0.29) is 12.5 Å². The Labute approximate surface area is 304 Å². The maximum absolute atomic E-state index is 12.8. The number of nitrogens with one attached hydrogen (secondary N) is 1. The quantitative estimate of drug-likeness (QED) is 0.0314. The smallest absolute Gasteiger partial charge is 0.220 e. The van der Waals surface area contributed by atoms with Crippen molar-refractivity contribution in [2.24, 2.45) is 0 Å². The molecule has 1 aliphatic heterocycles. The Morgan fingerprint density at radius 1 is 0.660 bits per heavy atom. The zero-order chi connectivity index (χ0) is 36.7. The highest BCUT2D eigenvalue weighted by Crippen LogP contribution is 2.22. The van der Waals surface area contributed by atoms with Crippen LogP contribution < -0.4 is 5.32 Å². The number of unbranched alkanes of at least 4 members (excludes halogenated alkanes) is 18. The lowest BCUT2D eigenvalue weighted by Crippen LogP contribution is -2.60. The summed E-state index contributed by atoms with van der Waals surface area (Å²) < 4.78 is 11.1. The SMILES string of the molecule is CCCCCCCC/C=C/CC/C=C/CC/C=C/C(O)C(COC1OC(CO)C(O)C(O)C1O)NC(=O)CCCCCCCCCCCCC. The van der Waals surface area contributed by atoms with E-state index in [0.29, 0.717) is 6.42 Å². The molecule has 0 aliphatic carbocycles. The lowest BCUT2D eigenvalue weighted by atomic mass is 9.99. The minimum absolute atomic E-state index is 0.195. The van der Waals surface area contributed by atoms with Crippen LogP contribution in [0.5, 0.6) is 0 Å². The molecule has 1 amide bonds.